The second-order valence-corrected chi connectivity index (χ2v) is 23.6. The molecule has 0 unspecified atom stereocenters. The molecule has 0 aliphatic carbocycles. The van der Waals surface area contributed by atoms with Crippen LogP contribution in [0.1, 0.15) is 0 Å². The van der Waals surface area contributed by atoms with Gasteiger partial charge in [-0.15, -0.1) is 22.7 Å². The van der Waals surface area contributed by atoms with E-state index >= 15 is 0 Å². The van der Waals surface area contributed by atoms with Gasteiger partial charge in [-0.1, -0.05) is 152 Å². The summed E-state index contributed by atoms with van der Waals surface area (Å²) in [5.74, 6) is 1.69. The SMILES string of the molecule is c1ccc(-c2nc(-c3ccc4c(c3)oc3cc(-c5cccc6sc7ccccc7c56)ccc34)nc(-c3cccc4oc5ccc(-c6ccc7sc8cc(-c9ccc%10c(c9)c9ccccc9n%10-c9ccccc9)ccc8c7c6)cc5c34)n2)cc1. The topological polar surface area (TPSA) is 69.9 Å². The fourth-order valence-corrected chi connectivity index (χ4v) is 15.0. The molecule has 0 spiro atoms. The van der Waals surface area contributed by atoms with E-state index in [1.165, 1.54) is 78.8 Å². The van der Waals surface area contributed by atoms with Gasteiger partial charge in [-0.2, -0.15) is 0 Å². The summed E-state index contributed by atoms with van der Waals surface area (Å²) in [6, 6.07) is 90.9. The maximum absolute atomic E-state index is 6.75. The third-order valence-electron chi connectivity index (χ3n) is 16.7. The van der Waals surface area contributed by atoms with Crippen LogP contribution in [0.25, 0.3) is 179 Å². The highest BCUT2D eigenvalue weighted by Gasteiger charge is 2.21. The first-order valence-electron chi connectivity index (χ1n) is 27.8. The lowest BCUT2D eigenvalue weighted by Gasteiger charge is -2.09. The summed E-state index contributed by atoms with van der Waals surface area (Å²) in [6.07, 6.45) is 0. The molecule has 6 nitrogen and oxygen atoms in total. The summed E-state index contributed by atoms with van der Waals surface area (Å²) in [7, 11) is 0. The van der Waals surface area contributed by atoms with Crippen molar-refractivity contribution in [3.63, 3.8) is 0 Å². The summed E-state index contributed by atoms with van der Waals surface area (Å²) in [5.41, 5.74) is 16.3. The van der Waals surface area contributed by atoms with Gasteiger partial charge in [-0.05, 0) is 137 Å². The predicted molar refractivity (Wildman–Crippen MR) is 347 cm³/mol. The Bertz CT molecular complexity index is 5710. The van der Waals surface area contributed by atoms with E-state index in [1.807, 2.05) is 65.1 Å². The van der Waals surface area contributed by atoms with Crippen LogP contribution in [0.3, 0.4) is 0 Å². The zero-order valence-electron chi connectivity index (χ0n) is 44.2. The monoisotopic (exact) mass is 1090 g/mol. The first kappa shape index (κ1) is 46.3. The number of para-hydroxylation sites is 2. The highest BCUT2D eigenvalue weighted by molar-refractivity contribution is 7.26. The minimum absolute atomic E-state index is 0.551. The van der Waals surface area contributed by atoms with Gasteiger partial charge in [0.2, 0.25) is 0 Å². The Morgan fingerprint density at radius 3 is 1.69 bits per heavy atom. The van der Waals surface area contributed by atoms with Crippen molar-refractivity contribution in [3.05, 3.63) is 255 Å². The molecule has 18 rings (SSSR count). The average molecular weight is 1100 g/mol. The van der Waals surface area contributed by atoms with Crippen LogP contribution >= 0.6 is 22.7 Å². The quantitative estimate of drug-likeness (QED) is 0.159. The van der Waals surface area contributed by atoms with E-state index in [4.69, 9.17) is 23.8 Å². The van der Waals surface area contributed by atoms with Crippen LogP contribution in [0.5, 0.6) is 0 Å². The Balaban J connectivity index is 0.714. The van der Waals surface area contributed by atoms with Crippen LogP contribution < -0.4 is 0 Å². The standard InChI is InChI=1S/C75H42N4O2S2/c1-3-13-43(14-4-1)73-76-74(49-27-32-54-53-31-26-48(40-65(53)81-66(54)41-49)51-19-12-24-69-72(51)56-18-8-10-23-67(56)82-69)78-75(77-73)57-20-11-22-64-71(57)60-39-45(29-35-63(60)80-64)46-30-36-68-59(38-46)55-33-25-47(42-70(55)83-68)44-28-34-62-58(37-44)52-17-7-9-21-61(52)79(62)50-15-5-2-6-16-50/h1-42H. The van der Waals surface area contributed by atoms with Crippen molar-refractivity contribution in [1.82, 2.24) is 19.5 Å². The number of nitrogens with zero attached hydrogens (tertiary/aromatic N) is 4. The molecule has 0 aliphatic rings. The molecule has 386 valence electrons. The number of furan rings is 2. The van der Waals surface area contributed by atoms with Crippen LogP contribution in [-0.4, -0.2) is 19.5 Å². The van der Waals surface area contributed by atoms with Crippen molar-refractivity contribution in [2.24, 2.45) is 0 Å². The summed E-state index contributed by atoms with van der Waals surface area (Å²) >= 11 is 3.68. The van der Waals surface area contributed by atoms with Gasteiger partial charge in [0.1, 0.15) is 22.3 Å². The zero-order chi connectivity index (χ0) is 54.3. The number of aromatic nitrogens is 4. The molecule has 12 aromatic carbocycles. The van der Waals surface area contributed by atoms with Crippen molar-refractivity contribution >= 4 is 129 Å². The van der Waals surface area contributed by atoms with E-state index in [1.54, 1.807) is 0 Å². The molecule has 0 bridgehead atoms. The maximum atomic E-state index is 6.75. The van der Waals surface area contributed by atoms with E-state index in [0.717, 1.165) is 82.9 Å². The first-order valence-corrected chi connectivity index (χ1v) is 29.4. The third-order valence-corrected chi connectivity index (χ3v) is 18.9. The van der Waals surface area contributed by atoms with E-state index in [2.05, 4.69) is 217 Å². The maximum Gasteiger partial charge on any atom is 0.164 e. The Hall–Kier alpha value is -10.5. The average Bonchev–Trinajstić information content (AvgIpc) is 4.42. The fourth-order valence-electron chi connectivity index (χ4n) is 12.8. The van der Waals surface area contributed by atoms with Gasteiger partial charge in [-0.3, -0.25) is 0 Å². The number of hydrogen-bond donors (Lipinski definition) is 0. The van der Waals surface area contributed by atoms with Gasteiger partial charge in [-0.25, -0.2) is 15.0 Å². The van der Waals surface area contributed by atoms with Crippen molar-refractivity contribution in [3.8, 4) is 73.2 Å². The fraction of sp³-hybridized carbons (Fsp3) is 0. The molecule has 6 heterocycles. The minimum atomic E-state index is 0.551. The third kappa shape index (κ3) is 7.30. The highest BCUT2D eigenvalue weighted by atomic mass is 32.1. The first-order chi connectivity index (χ1) is 41.1. The molecule has 0 N–H and O–H groups in total. The molecular weight excluding hydrogens is 1050 g/mol. The van der Waals surface area contributed by atoms with Crippen LogP contribution in [0.4, 0.5) is 0 Å². The van der Waals surface area contributed by atoms with E-state index in [-0.39, 0.29) is 0 Å². The van der Waals surface area contributed by atoms with Gasteiger partial charge < -0.3 is 13.4 Å². The van der Waals surface area contributed by atoms with Gasteiger partial charge >= 0.3 is 0 Å². The van der Waals surface area contributed by atoms with E-state index in [9.17, 15) is 0 Å². The summed E-state index contributed by atoms with van der Waals surface area (Å²) in [4.78, 5) is 15.7. The lowest BCUT2D eigenvalue weighted by molar-refractivity contribution is 0.668. The van der Waals surface area contributed by atoms with Gasteiger partial charge in [0.25, 0.3) is 0 Å². The van der Waals surface area contributed by atoms with Crippen molar-refractivity contribution in [2.75, 3.05) is 0 Å². The van der Waals surface area contributed by atoms with Crippen molar-refractivity contribution in [1.29, 1.82) is 0 Å². The summed E-state index contributed by atoms with van der Waals surface area (Å²) in [5, 5.41) is 11.6. The normalized spacial score (nSPS) is 12.1. The van der Waals surface area contributed by atoms with E-state index < -0.39 is 0 Å². The smallest absolute Gasteiger partial charge is 0.164 e. The molecule has 0 atom stereocenters. The molecule has 18 aromatic rings. The number of rotatable bonds is 7. The minimum Gasteiger partial charge on any atom is -0.456 e. The van der Waals surface area contributed by atoms with Crippen LogP contribution in [-0.2, 0) is 0 Å². The van der Waals surface area contributed by atoms with Crippen LogP contribution in [0.2, 0.25) is 0 Å². The lowest BCUT2D eigenvalue weighted by Crippen LogP contribution is -2.00. The lowest BCUT2D eigenvalue weighted by atomic mass is 9.98. The zero-order valence-corrected chi connectivity index (χ0v) is 45.8. The Kier molecular flexibility index (Phi) is 10.0. The molecule has 8 heteroatoms. The molecule has 0 saturated carbocycles. The van der Waals surface area contributed by atoms with Crippen molar-refractivity contribution < 1.29 is 8.83 Å². The van der Waals surface area contributed by atoms with Gasteiger partial charge in [0.15, 0.2) is 17.5 Å². The molecule has 0 fully saturated rings. The number of thiophene rings is 2. The summed E-state index contributed by atoms with van der Waals surface area (Å²) < 4.78 is 20.8. The molecule has 83 heavy (non-hydrogen) atoms. The van der Waals surface area contributed by atoms with Gasteiger partial charge in [0, 0.05) is 95.0 Å². The predicted octanol–water partition coefficient (Wildman–Crippen LogP) is 21.5. The number of benzene rings is 12. The molecule has 0 aliphatic heterocycles. The second-order valence-electron chi connectivity index (χ2n) is 21.4. The molecule has 0 amide bonds. The van der Waals surface area contributed by atoms with Crippen molar-refractivity contribution in [2.45, 2.75) is 0 Å². The molecule has 0 radical (unpaired) electrons. The number of hydrogen-bond acceptors (Lipinski definition) is 7. The molecule has 0 saturated heterocycles. The Labute approximate surface area is 482 Å². The Morgan fingerprint density at radius 2 is 0.831 bits per heavy atom. The summed E-state index contributed by atoms with van der Waals surface area (Å²) in [6.45, 7) is 0. The molecule has 6 aromatic heterocycles. The second kappa shape index (κ2) is 18.0. The van der Waals surface area contributed by atoms with Gasteiger partial charge in [0.05, 0.1) is 11.0 Å². The van der Waals surface area contributed by atoms with Crippen LogP contribution in [0.15, 0.2) is 264 Å². The highest BCUT2D eigenvalue weighted by Crippen LogP contribution is 2.45. The van der Waals surface area contributed by atoms with E-state index in [0.29, 0.717) is 17.5 Å². The molecular formula is C75H42N4O2S2. The Morgan fingerprint density at radius 1 is 0.265 bits per heavy atom. The van der Waals surface area contributed by atoms with Crippen LogP contribution in [0, 0.1) is 0 Å². The number of fused-ring (bicyclic) bond motifs is 15. The largest absolute Gasteiger partial charge is 0.456 e.